The van der Waals surface area contributed by atoms with Crippen LogP contribution in [0.5, 0.6) is 0 Å². The minimum Gasteiger partial charge on any atom is -0.456 e. The first-order valence-electron chi connectivity index (χ1n) is 16.0. The summed E-state index contributed by atoms with van der Waals surface area (Å²) in [6.45, 7) is 0. The van der Waals surface area contributed by atoms with Crippen molar-refractivity contribution in [3.05, 3.63) is 158 Å². The van der Waals surface area contributed by atoms with Crippen molar-refractivity contribution in [1.82, 2.24) is 19.5 Å². The summed E-state index contributed by atoms with van der Waals surface area (Å²) in [5.41, 5.74) is 7.74. The maximum Gasteiger partial charge on any atom is 0.164 e. The highest BCUT2D eigenvalue weighted by Gasteiger charge is 2.19. The summed E-state index contributed by atoms with van der Waals surface area (Å²) in [5, 5.41) is 6.90. The summed E-state index contributed by atoms with van der Waals surface area (Å²) in [7, 11) is 0. The lowest BCUT2D eigenvalue weighted by Crippen LogP contribution is -2.00. The molecule has 0 saturated heterocycles. The first kappa shape index (κ1) is 26.6. The Morgan fingerprint density at radius 3 is 1.81 bits per heavy atom. The van der Waals surface area contributed by atoms with E-state index in [9.17, 15) is 0 Å². The van der Waals surface area contributed by atoms with Gasteiger partial charge in [0.1, 0.15) is 11.2 Å². The van der Waals surface area contributed by atoms with E-state index >= 15 is 0 Å². The standard InChI is InChI=1S/C43H26N4O/c1-3-12-27(13-4-1)41-44-42(28-14-5-2-6-15-28)46-43(45-41)34-19-11-21-38-40(34)33-23-22-31(26-39(33)48-38)47-36-20-10-9-18-32(36)35-24-29-16-7-8-17-30(29)25-37(35)47/h1-26H. The van der Waals surface area contributed by atoms with Crippen LogP contribution in [0.4, 0.5) is 0 Å². The Bertz CT molecular complexity index is 2780. The largest absolute Gasteiger partial charge is 0.456 e. The van der Waals surface area contributed by atoms with Gasteiger partial charge in [-0.3, -0.25) is 0 Å². The number of rotatable bonds is 4. The Morgan fingerprint density at radius 2 is 1.06 bits per heavy atom. The third-order valence-electron chi connectivity index (χ3n) is 9.22. The maximum atomic E-state index is 6.59. The zero-order valence-electron chi connectivity index (χ0n) is 25.7. The van der Waals surface area contributed by atoms with E-state index in [2.05, 4.69) is 89.5 Å². The number of aromatic nitrogens is 4. The average Bonchev–Trinajstić information content (AvgIpc) is 3.69. The molecule has 0 aliphatic rings. The number of hydrogen-bond donors (Lipinski definition) is 0. The van der Waals surface area contributed by atoms with Crippen LogP contribution in [0, 0.1) is 0 Å². The Kier molecular flexibility index (Phi) is 5.81. The van der Waals surface area contributed by atoms with Gasteiger partial charge >= 0.3 is 0 Å². The Hall–Kier alpha value is -6.59. The molecular weight excluding hydrogens is 589 g/mol. The summed E-state index contributed by atoms with van der Waals surface area (Å²) < 4.78 is 8.94. The van der Waals surface area contributed by atoms with Gasteiger partial charge in [-0.15, -0.1) is 0 Å². The van der Waals surface area contributed by atoms with Crippen LogP contribution in [0.2, 0.25) is 0 Å². The molecule has 0 aliphatic heterocycles. The summed E-state index contributed by atoms with van der Waals surface area (Å²) in [6, 6.07) is 54.5. The van der Waals surface area contributed by atoms with Gasteiger partial charge in [0, 0.05) is 50.0 Å². The number of nitrogens with zero attached hydrogens (tertiary/aromatic N) is 4. The van der Waals surface area contributed by atoms with Crippen LogP contribution in [0.15, 0.2) is 162 Å². The summed E-state index contributed by atoms with van der Waals surface area (Å²) in [4.78, 5) is 14.9. The number of fused-ring (bicyclic) bond motifs is 7. The lowest BCUT2D eigenvalue weighted by Gasteiger charge is -2.09. The summed E-state index contributed by atoms with van der Waals surface area (Å²) in [5.74, 6) is 1.87. The van der Waals surface area contributed by atoms with Crippen LogP contribution >= 0.6 is 0 Å². The van der Waals surface area contributed by atoms with Crippen molar-refractivity contribution in [2.24, 2.45) is 0 Å². The third kappa shape index (κ3) is 4.15. The quantitative estimate of drug-likeness (QED) is 0.198. The predicted octanol–water partition coefficient (Wildman–Crippen LogP) is 11.0. The predicted molar refractivity (Wildman–Crippen MR) is 195 cm³/mol. The van der Waals surface area contributed by atoms with Gasteiger partial charge in [-0.2, -0.15) is 0 Å². The second kappa shape index (κ2) is 10.5. The van der Waals surface area contributed by atoms with Crippen molar-refractivity contribution in [3.63, 3.8) is 0 Å². The van der Waals surface area contributed by atoms with Crippen molar-refractivity contribution < 1.29 is 4.42 Å². The maximum absolute atomic E-state index is 6.59. The van der Waals surface area contributed by atoms with Crippen molar-refractivity contribution in [3.8, 4) is 39.9 Å². The minimum absolute atomic E-state index is 0.606. The molecule has 48 heavy (non-hydrogen) atoms. The van der Waals surface area contributed by atoms with Gasteiger partial charge in [-0.05, 0) is 47.2 Å². The topological polar surface area (TPSA) is 56.7 Å². The molecule has 0 unspecified atom stereocenters. The van der Waals surface area contributed by atoms with Gasteiger partial charge in [0.2, 0.25) is 0 Å². The molecular formula is C43H26N4O. The number of hydrogen-bond acceptors (Lipinski definition) is 4. The fourth-order valence-electron chi connectivity index (χ4n) is 7.00. The molecule has 224 valence electrons. The minimum atomic E-state index is 0.606. The molecule has 5 heteroatoms. The van der Waals surface area contributed by atoms with Crippen LogP contribution in [0.3, 0.4) is 0 Å². The molecule has 10 aromatic rings. The molecule has 0 radical (unpaired) electrons. The van der Waals surface area contributed by atoms with E-state index in [0.29, 0.717) is 17.5 Å². The molecule has 0 fully saturated rings. The van der Waals surface area contributed by atoms with E-state index < -0.39 is 0 Å². The highest BCUT2D eigenvalue weighted by molar-refractivity contribution is 6.15. The van der Waals surface area contributed by atoms with Crippen molar-refractivity contribution in [2.75, 3.05) is 0 Å². The molecule has 0 spiro atoms. The van der Waals surface area contributed by atoms with Gasteiger partial charge in [-0.1, -0.05) is 115 Å². The van der Waals surface area contributed by atoms with Crippen LogP contribution in [0.1, 0.15) is 0 Å². The van der Waals surface area contributed by atoms with E-state index in [1.54, 1.807) is 0 Å². The van der Waals surface area contributed by atoms with Crippen molar-refractivity contribution in [2.45, 2.75) is 0 Å². The Balaban J connectivity index is 1.19. The van der Waals surface area contributed by atoms with E-state index in [4.69, 9.17) is 19.4 Å². The fraction of sp³-hybridized carbons (Fsp3) is 0. The Labute approximate surface area is 275 Å². The second-order valence-electron chi connectivity index (χ2n) is 12.1. The Morgan fingerprint density at radius 1 is 0.417 bits per heavy atom. The van der Waals surface area contributed by atoms with Gasteiger partial charge in [0.05, 0.1) is 11.0 Å². The molecule has 5 nitrogen and oxygen atoms in total. The molecule has 0 N–H and O–H groups in total. The fourth-order valence-corrected chi connectivity index (χ4v) is 7.00. The van der Waals surface area contributed by atoms with Crippen LogP contribution < -0.4 is 0 Å². The zero-order valence-corrected chi connectivity index (χ0v) is 25.7. The molecule has 0 atom stereocenters. The van der Waals surface area contributed by atoms with Gasteiger partial charge in [0.15, 0.2) is 17.5 Å². The molecule has 3 aromatic heterocycles. The second-order valence-corrected chi connectivity index (χ2v) is 12.1. The normalized spacial score (nSPS) is 11.8. The molecule has 10 rings (SSSR count). The number of furan rings is 1. The number of para-hydroxylation sites is 1. The molecule has 0 amide bonds. The molecule has 0 saturated carbocycles. The molecule has 0 aliphatic carbocycles. The summed E-state index contributed by atoms with van der Waals surface area (Å²) in [6.07, 6.45) is 0. The zero-order chi connectivity index (χ0) is 31.6. The molecule has 0 bridgehead atoms. The monoisotopic (exact) mass is 614 g/mol. The van der Waals surface area contributed by atoms with E-state index in [0.717, 1.165) is 55.3 Å². The first-order valence-corrected chi connectivity index (χ1v) is 16.0. The molecule has 3 heterocycles. The van der Waals surface area contributed by atoms with Crippen LogP contribution in [0.25, 0.3) is 94.4 Å². The lowest BCUT2D eigenvalue weighted by molar-refractivity contribution is 0.668. The smallest absolute Gasteiger partial charge is 0.164 e. The van der Waals surface area contributed by atoms with E-state index in [1.165, 1.54) is 21.5 Å². The molecule has 7 aromatic carbocycles. The van der Waals surface area contributed by atoms with Crippen molar-refractivity contribution >= 4 is 54.5 Å². The van der Waals surface area contributed by atoms with Gasteiger partial charge in [0.25, 0.3) is 0 Å². The average molecular weight is 615 g/mol. The van der Waals surface area contributed by atoms with Gasteiger partial charge in [-0.25, -0.2) is 15.0 Å². The SMILES string of the molecule is c1ccc(-c2nc(-c3ccccc3)nc(-c3cccc4oc5cc(-n6c7ccccc7c7cc8ccccc8cc76)ccc5c34)n2)cc1. The highest BCUT2D eigenvalue weighted by atomic mass is 16.3. The van der Waals surface area contributed by atoms with Crippen molar-refractivity contribution in [1.29, 1.82) is 0 Å². The number of benzene rings is 7. The van der Waals surface area contributed by atoms with Crippen LogP contribution in [-0.2, 0) is 0 Å². The van der Waals surface area contributed by atoms with E-state index in [1.807, 2.05) is 72.8 Å². The lowest BCUT2D eigenvalue weighted by atomic mass is 10.0. The van der Waals surface area contributed by atoms with E-state index in [-0.39, 0.29) is 0 Å². The van der Waals surface area contributed by atoms with Gasteiger partial charge < -0.3 is 8.98 Å². The third-order valence-corrected chi connectivity index (χ3v) is 9.22. The van der Waals surface area contributed by atoms with Crippen LogP contribution in [-0.4, -0.2) is 19.5 Å². The summed E-state index contributed by atoms with van der Waals surface area (Å²) >= 11 is 0. The first-order chi connectivity index (χ1) is 23.8. The highest BCUT2D eigenvalue weighted by Crippen LogP contribution is 2.39.